The van der Waals surface area contributed by atoms with Crippen LogP contribution in [-0.4, -0.2) is 15.4 Å². The Morgan fingerprint density at radius 3 is 2.94 bits per heavy atom. The molecule has 1 saturated carbocycles. The summed E-state index contributed by atoms with van der Waals surface area (Å²) < 4.78 is 2.38. The van der Waals surface area contributed by atoms with Crippen molar-refractivity contribution < 1.29 is 0 Å². The minimum atomic E-state index is 0.646. The second-order valence-corrected chi connectivity index (χ2v) is 5.39. The van der Waals surface area contributed by atoms with E-state index in [-0.39, 0.29) is 0 Å². The van der Waals surface area contributed by atoms with Crippen LogP contribution in [0.25, 0.3) is 11.0 Å². The Kier molecular flexibility index (Phi) is 2.83. The van der Waals surface area contributed by atoms with Gasteiger partial charge in [-0.1, -0.05) is 6.07 Å². The fourth-order valence-corrected chi connectivity index (χ4v) is 2.49. The molecule has 0 amide bonds. The zero-order valence-corrected chi connectivity index (χ0v) is 10.9. The Hall–Kier alpha value is -1.02. The number of imidazole rings is 1. The van der Waals surface area contributed by atoms with Crippen LogP contribution in [0.4, 0.5) is 0 Å². The zero-order valence-electron chi connectivity index (χ0n) is 10.1. The standard InChI is InChI=1S/C14H17ClN2/c1-10-2-5-12-13(8-10)17(9-11-3-4-11)14(16-12)6-7-15/h2,5,8,11H,3-4,6-7,9H2,1H3. The molecule has 2 nitrogen and oxygen atoms in total. The Morgan fingerprint density at radius 1 is 1.41 bits per heavy atom. The molecule has 1 aliphatic carbocycles. The molecule has 1 fully saturated rings. The van der Waals surface area contributed by atoms with E-state index in [1.165, 1.54) is 23.9 Å². The van der Waals surface area contributed by atoms with Gasteiger partial charge in [-0.15, -0.1) is 11.6 Å². The van der Waals surface area contributed by atoms with Crippen LogP contribution in [-0.2, 0) is 13.0 Å². The average molecular weight is 249 g/mol. The molecular formula is C14H17ClN2. The first-order chi connectivity index (χ1) is 8.28. The highest BCUT2D eigenvalue weighted by atomic mass is 35.5. The van der Waals surface area contributed by atoms with E-state index < -0.39 is 0 Å². The van der Waals surface area contributed by atoms with Gasteiger partial charge >= 0.3 is 0 Å². The minimum absolute atomic E-state index is 0.646. The van der Waals surface area contributed by atoms with Gasteiger partial charge < -0.3 is 4.57 Å². The summed E-state index contributed by atoms with van der Waals surface area (Å²) in [4.78, 5) is 4.70. The number of fused-ring (bicyclic) bond motifs is 1. The van der Waals surface area contributed by atoms with Gasteiger partial charge in [0.05, 0.1) is 11.0 Å². The fourth-order valence-electron chi connectivity index (χ4n) is 2.32. The van der Waals surface area contributed by atoms with Gasteiger partial charge in [-0.3, -0.25) is 0 Å². The maximum Gasteiger partial charge on any atom is 0.111 e. The van der Waals surface area contributed by atoms with E-state index in [1.807, 2.05) is 0 Å². The van der Waals surface area contributed by atoms with Gasteiger partial charge in [0.1, 0.15) is 5.82 Å². The summed E-state index contributed by atoms with van der Waals surface area (Å²) in [5.41, 5.74) is 3.68. The van der Waals surface area contributed by atoms with Crippen LogP contribution in [0.5, 0.6) is 0 Å². The molecular weight excluding hydrogens is 232 g/mol. The topological polar surface area (TPSA) is 17.8 Å². The van der Waals surface area contributed by atoms with Crippen LogP contribution in [0, 0.1) is 12.8 Å². The first-order valence-electron chi connectivity index (χ1n) is 6.29. The number of alkyl halides is 1. The molecule has 3 heteroatoms. The SMILES string of the molecule is Cc1ccc2nc(CCCl)n(CC3CC3)c2c1. The highest BCUT2D eigenvalue weighted by molar-refractivity contribution is 6.17. The lowest BCUT2D eigenvalue weighted by atomic mass is 10.2. The molecule has 0 saturated heterocycles. The van der Waals surface area contributed by atoms with E-state index >= 15 is 0 Å². The van der Waals surface area contributed by atoms with E-state index in [9.17, 15) is 0 Å². The molecule has 17 heavy (non-hydrogen) atoms. The minimum Gasteiger partial charge on any atom is -0.328 e. The number of hydrogen-bond acceptors (Lipinski definition) is 1. The molecule has 0 N–H and O–H groups in total. The lowest BCUT2D eigenvalue weighted by molar-refractivity contribution is 0.614. The molecule has 1 aromatic carbocycles. The third-order valence-electron chi connectivity index (χ3n) is 3.44. The van der Waals surface area contributed by atoms with Crippen LogP contribution < -0.4 is 0 Å². The lowest BCUT2D eigenvalue weighted by Gasteiger charge is -2.07. The molecule has 0 atom stereocenters. The number of benzene rings is 1. The number of halogens is 1. The van der Waals surface area contributed by atoms with E-state index in [4.69, 9.17) is 16.6 Å². The van der Waals surface area contributed by atoms with Gasteiger partial charge in [0, 0.05) is 18.8 Å². The van der Waals surface area contributed by atoms with Crippen molar-refractivity contribution in [3.63, 3.8) is 0 Å². The van der Waals surface area contributed by atoms with Crippen LogP contribution >= 0.6 is 11.6 Å². The second-order valence-electron chi connectivity index (χ2n) is 5.01. The van der Waals surface area contributed by atoms with Crippen LogP contribution in [0.3, 0.4) is 0 Å². The van der Waals surface area contributed by atoms with Crippen molar-refractivity contribution in [3.05, 3.63) is 29.6 Å². The maximum atomic E-state index is 5.87. The third-order valence-corrected chi connectivity index (χ3v) is 3.63. The van der Waals surface area contributed by atoms with Crippen molar-refractivity contribution in [2.75, 3.05) is 5.88 Å². The summed E-state index contributed by atoms with van der Waals surface area (Å²) in [5, 5.41) is 0. The van der Waals surface area contributed by atoms with Gasteiger partial charge in [-0.05, 0) is 43.4 Å². The maximum absolute atomic E-state index is 5.87. The van der Waals surface area contributed by atoms with Crippen LogP contribution in [0.1, 0.15) is 24.2 Å². The summed E-state index contributed by atoms with van der Waals surface area (Å²) in [6, 6.07) is 6.48. The quantitative estimate of drug-likeness (QED) is 0.757. The first kappa shape index (κ1) is 11.1. The van der Waals surface area contributed by atoms with Crippen molar-refractivity contribution in [1.29, 1.82) is 0 Å². The molecule has 1 heterocycles. The molecule has 0 bridgehead atoms. The van der Waals surface area contributed by atoms with E-state index in [0.717, 1.165) is 30.2 Å². The number of rotatable bonds is 4. The Morgan fingerprint density at radius 2 is 2.24 bits per heavy atom. The van der Waals surface area contributed by atoms with Gasteiger partial charge in [-0.2, -0.15) is 0 Å². The van der Waals surface area contributed by atoms with Crippen LogP contribution in [0.2, 0.25) is 0 Å². The third kappa shape index (κ3) is 2.19. The Labute approximate surface area is 107 Å². The van der Waals surface area contributed by atoms with Crippen molar-refractivity contribution >= 4 is 22.6 Å². The monoisotopic (exact) mass is 248 g/mol. The highest BCUT2D eigenvalue weighted by Gasteiger charge is 2.24. The van der Waals surface area contributed by atoms with Gasteiger partial charge in [-0.25, -0.2) is 4.98 Å². The molecule has 0 unspecified atom stereocenters. The average Bonchev–Trinajstić information content (AvgIpc) is 3.06. The largest absolute Gasteiger partial charge is 0.328 e. The van der Waals surface area contributed by atoms with Crippen molar-refractivity contribution in [3.8, 4) is 0 Å². The molecule has 0 aliphatic heterocycles. The summed E-state index contributed by atoms with van der Waals surface area (Å²) in [7, 11) is 0. The number of aryl methyl sites for hydroxylation is 2. The van der Waals surface area contributed by atoms with E-state index in [0.29, 0.717) is 5.88 Å². The Bertz CT molecular complexity index is 540. The number of aromatic nitrogens is 2. The number of nitrogens with zero attached hydrogens (tertiary/aromatic N) is 2. The predicted octanol–water partition coefficient (Wildman–Crippen LogP) is 3.54. The van der Waals surface area contributed by atoms with E-state index in [2.05, 4.69) is 29.7 Å². The van der Waals surface area contributed by atoms with Gasteiger partial charge in [0.2, 0.25) is 0 Å². The molecule has 0 spiro atoms. The normalized spacial score (nSPS) is 15.6. The molecule has 3 rings (SSSR count). The lowest BCUT2D eigenvalue weighted by Crippen LogP contribution is -2.06. The van der Waals surface area contributed by atoms with Crippen molar-refractivity contribution in [2.45, 2.75) is 32.7 Å². The summed E-state index contributed by atoms with van der Waals surface area (Å²) >= 11 is 5.87. The molecule has 0 radical (unpaired) electrons. The summed E-state index contributed by atoms with van der Waals surface area (Å²) in [5.74, 6) is 2.65. The Balaban J connectivity index is 2.09. The fraction of sp³-hybridized carbons (Fsp3) is 0.500. The van der Waals surface area contributed by atoms with Gasteiger partial charge in [0.25, 0.3) is 0 Å². The number of hydrogen-bond donors (Lipinski definition) is 0. The second kappa shape index (κ2) is 4.34. The van der Waals surface area contributed by atoms with Crippen molar-refractivity contribution in [2.24, 2.45) is 5.92 Å². The molecule has 2 aromatic rings. The zero-order chi connectivity index (χ0) is 11.8. The summed E-state index contributed by atoms with van der Waals surface area (Å²) in [6.45, 7) is 3.25. The first-order valence-corrected chi connectivity index (χ1v) is 6.83. The van der Waals surface area contributed by atoms with E-state index in [1.54, 1.807) is 0 Å². The highest BCUT2D eigenvalue weighted by Crippen LogP contribution is 2.32. The molecule has 90 valence electrons. The summed E-state index contributed by atoms with van der Waals surface area (Å²) in [6.07, 6.45) is 3.60. The van der Waals surface area contributed by atoms with Gasteiger partial charge in [0.15, 0.2) is 0 Å². The van der Waals surface area contributed by atoms with Crippen molar-refractivity contribution in [1.82, 2.24) is 9.55 Å². The molecule has 1 aliphatic rings. The smallest absolute Gasteiger partial charge is 0.111 e. The van der Waals surface area contributed by atoms with Crippen LogP contribution in [0.15, 0.2) is 18.2 Å². The predicted molar refractivity (Wildman–Crippen MR) is 71.6 cm³/mol. The molecule has 1 aromatic heterocycles.